The zero-order chi connectivity index (χ0) is 11.4. The van der Waals surface area contributed by atoms with Crippen molar-refractivity contribution in [3.63, 3.8) is 0 Å². The fraction of sp³-hybridized carbons (Fsp3) is 0.250. The minimum absolute atomic E-state index is 0.257. The number of aromatic nitrogens is 2. The van der Waals surface area contributed by atoms with Crippen LogP contribution in [-0.2, 0) is 16.6 Å². The van der Waals surface area contributed by atoms with Crippen molar-refractivity contribution in [2.45, 2.75) is 0 Å². The van der Waals surface area contributed by atoms with E-state index >= 15 is 0 Å². The highest BCUT2D eigenvalue weighted by molar-refractivity contribution is 5.87. The summed E-state index contributed by atoms with van der Waals surface area (Å²) in [6, 6.07) is 0. The van der Waals surface area contributed by atoms with Gasteiger partial charge in [0.05, 0.1) is 31.0 Å². The molecule has 0 N–H and O–H groups in total. The first-order chi connectivity index (χ1) is 7.04. The molecule has 0 spiro atoms. The molecule has 80 valence electrons. The predicted octanol–water partition coefficient (Wildman–Crippen LogP) is 0.514. The Bertz CT molecular complexity index is 422. The van der Waals surface area contributed by atoms with Crippen molar-refractivity contribution in [1.29, 1.82) is 0 Å². The van der Waals surface area contributed by atoms with Crippen LogP contribution < -0.4 is 0 Å². The van der Waals surface area contributed by atoms with E-state index in [4.69, 9.17) is 0 Å². The highest BCUT2D eigenvalue weighted by Crippen LogP contribution is 2.16. The number of rotatable bonds is 3. The Morgan fingerprint density at radius 1 is 1.73 bits per heavy atom. The van der Waals surface area contributed by atoms with Crippen molar-refractivity contribution in [3.05, 3.63) is 28.0 Å². The van der Waals surface area contributed by atoms with Crippen LogP contribution in [0.3, 0.4) is 0 Å². The van der Waals surface area contributed by atoms with Gasteiger partial charge in [-0.1, -0.05) is 0 Å². The van der Waals surface area contributed by atoms with Crippen LogP contribution in [0.4, 0.5) is 5.82 Å². The number of ether oxygens (including phenoxy) is 1. The van der Waals surface area contributed by atoms with Crippen LogP contribution in [0.1, 0.15) is 5.56 Å². The summed E-state index contributed by atoms with van der Waals surface area (Å²) in [5.74, 6) is -0.870. The van der Waals surface area contributed by atoms with E-state index in [0.29, 0.717) is 0 Å². The molecule has 0 aliphatic carbocycles. The standard InChI is InChI=1S/C8H9N3O4/c1-10-5-6(3-4-7(12)15-2)8(9-10)11(13)14/h3-5H,1-2H3. The van der Waals surface area contributed by atoms with E-state index in [1.807, 2.05) is 0 Å². The van der Waals surface area contributed by atoms with Crippen LogP contribution >= 0.6 is 0 Å². The van der Waals surface area contributed by atoms with E-state index in [9.17, 15) is 14.9 Å². The molecule has 0 radical (unpaired) electrons. The normalized spacial score (nSPS) is 10.5. The van der Waals surface area contributed by atoms with E-state index < -0.39 is 10.9 Å². The van der Waals surface area contributed by atoms with Gasteiger partial charge >= 0.3 is 11.8 Å². The average Bonchev–Trinajstić information content (AvgIpc) is 2.56. The monoisotopic (exact) mass is 211 g/mol. The minimum atomic E-state index is -0.614. The van der Waals surface area contributed by atoms with Gasteiger partial charge in [-0.25, -0.2) is 4.79 Å². The Kier molecular flexibility index (Phi) is 3.17. The number of methoxy groups -OCH3 is 1. The Morgan fingerprint density at radius 3 is 2.93 bits per heavy atom. The van der Waals surface area contributed by atoms with Crippen molar-refractivity contribution in [2.24, 2.45) is 7.05 Å². The molecule has 1 rings (SSSR count). The molecule has 0 unspecified atom stereocenters. The van der Waals surface area contributed by atoms with Gasteiger partial charge in [0.2, 0.25) is 0 Å². The molecular formula is C8H9N3O4. The number of aryl methyl sites for hydroxylation is 1. The van der Waals surface area contributed by atoms with Crippen LogP contribution in [0.25, 0.3) is 6.08 Å². The number of nitro groups is 1. The van der Waals surface area contributed by atoms with Gasteiger partial charge in [-0.15, -0.1) is 0 Å². The summed E-state index contributed by atoms with van der Waals surface area (Å²) in [7, 11) is 2.78. The molecule has 0 aliphatic heterocycles. The minimum Gasteiger partial charge on any atom is -0.466 e. The Hall–Kier alpha value is -2.18. The summed E-state index contributed by atoms with van der Waals surface area (Å²) in [5.41, 5.74) is 0.257. The first-order valence-electron chi connectivity index (χ1n) is 3.98. The van der Waals surface area contributed by atoms with Crippen LogP contribution in [0.2, 0.25) is 0 Å². The summed E-state index contributed by atoms with van der Waals surface area (Å²) in [6.45, 7) is 0. The molecule has 0 bridgehead atoms. The quantitative estimate of drug-likeness (QED) is 0.314. The number of hydrogen-bond donors (Lipinski definition) is 0. The fourth-order valence-corrected chi connectivity index (χ4v) is 0.980. The topological polar surface area (TPSA) is 87.3 Å². The van der Waals surface area contributed by atoms with Gasteiger partial charge in [0.1, 0.15) is 0 Å². The number of hydrogen-bond acceptors (Lipinski definition) is 5. The molecule has 1 aromatic heterocycles. The highest BCUT2D eigenvalue weighted by atomic mass is 16.6. The van der Waals surface area contributed by atoms with Gasteiger partial charge in [-0.05, 0) is 11.0 Å². The van der Waals surface area contributed by atoms with Crippen LogP contribution in [-0.4, -0.2) is 27.8 Å². The SMILES string of the molecule is COC(=O)C=Cc1cn(C)nc1[N+](=O)[O-]. The summed E-state index contributed by atoms with van der Waals surface area (Å²) in [4.78, 5) is 20.7. The maximum absolute atomic E-state index is 10.8. The number of carbonyl (C=O) groups excluding carboxylic acids is 1. The molecule has 0 aromatic carbocycles. The highest BCUT2D eigenvalue weighted by Gasteiger charge is 2.16. The Balaban J connectivity index is 2.98. The first-order valence-corrected chi connectivity index (χ1v) is 3.98. The van der Waals surface area contributed by atoms with Gasteiger partial charge < -0.3 is 14.9 Å². The van der Waals surface area contributed by atoms with Gasteiger partial charge in [-0.2, -0.15) is 4.68 Å². The largest absolute Gasteiger partial charge is 0.466 e. The first kappa shape index (κ1) is 10.9. The van der Waals surface area contributed by atoms with E-state index in [-0.39, 0.29) is 11.4 Å². The van der Waals surface area contributed by atoms with Gasteiger partial charge in [-0.3, -0.25) is 0 Å². The van der Waals surface area contributed by atoms with Crippen molar-refractivity contribution in [1.82, 2.24) is 9.78 Å². The lowest BCUT2D eigenvalue weighted by Gasteiger charge is -1.89. The van der Waals surface area contributed by atoms with Gasteiger partial charge in [0.15, 0.2) is 0 Å². The van der Waals surface area contributed by atoms with Crippen LogP contribution in [0, 0.1) is 10.1 Å². The maximum Gasteiger partial charge on any atom is 0.397 e. The number of carbonyl (C=O) groups is 1. The molecule has 15 heavy (non-hydrogen) atoms. The second kappa shape index (κ2) is 4.36. The molecule has 1 heterocycles. The lowest BCUT2D eigenvalue weighted by molar-refractivity contribution is -0.390. The van der Waals surface area contributed by atoms with E-state index in [0.717, 1.165) is 6.08 Å². The molecule has 0 fully saturated rings. The second-order valence-electron chi connectivity index (χ2n) is 2.70. The zero-order valence-corrected chi connectivity index (χ0v) is 8.21. The third kappa shape index (κ3) is 2.63. The number of esters is 1. The molecule has 7 heteroatoms. The van der Waals surface area contributed by atoms with Crippen molar-refractivity contribution in [2.75, 3.05) is 7.11 Å². The van der Waals surface area contributed by atoms with Crippen LogP contribution in [0.15, 0.2) is 12.3 Å². The zero-order valence-electron chi connectivity index (χ0n) is 8.21. The Labute approximate surface area is 85.1 Å². The molecular weight excluding hydrogens is 202 g/mol. The van der Waals surface area contributed by atoms with Crippen LogP contribution in [0.5, 0.6) is 0 Å². The average molecular weight is 211 g/mol. The van der Waals surface area contributed by atoms with Gasteiger partial charge in [0, 0.05) is 6.08 Å². The lowest BCUT2D eigenvalue weighted by Crippen LogP contribution is -1.94. The van der Waals surface area contributed by atoms with E-state index in [1.165, 1.54) is 24.1 Å². The number of nitrogens with zero attached hydrogens (tertiary/aromatic N) is 3. The van der Waals surface area contributed by atoms with Crippen molar-refractivity contribution >= 4 is 17.9 Å². The van der Waals surface area contributed by atoms with E-state index in [2.05, 4.69) is 9.84 Å². The molecule has 0 saturated heterocycles. The second-order valence-corrected chi connectivity index (χ2v) is 2.70. The summed E-state index contributed by atoms with van der Waals surface area (Å²) >= 11 is 0. The summed E-state index contributed by atoms with van der Waals surface area (Å²) in [5, 5.41) is 14.2. The molecule has 0 saturated carbocycles. The predicted molar refractivity (Wildman–Crippen MR) is 50.9 cm³/mol. The molecule has 0 amide bonds. The van der Waals surface area contributed by atoms with Gasteiger partial charge in [0.25, 0.3) is 0 Å². The summed E-state index contributed by atoms with van der Waals surface area (Å²) < 4.78 is 5.66. The molecule has 1 aromatic rings. The Morgan fingerprint density at radius 2 is 2.40 bits per heavy atom. The fourth-order valence-electron chi connectivity index (χ4n) is 0.980. The maximum atomic E-state index is 10.8. The van der Waals surface area contributed by atoms with Crippen molar-refractivity contribution in [3.8, 4) is 0 Å². The van der Waals surface area contributed by atoms with Crippen molar-refractivity contribution < 1.29 is 14.5 Å². The molecule has 0 aliphatic rings. The summed E-state index contributed by atoms with van der Waals surface area (Å²) in [6.07, 6.45) is 3.83. The molecule has 7 nitrogen and oxygen atoms in total. The lowest BCUT2D eigenvalue weighted by atomic mass is 10.3. The molecule has 0 atom stereocenters. The van der Waals surface area contributed by atoms with E-state index in [1.54, 1.807) is 7.05 Å². The third-order valence-electron chi connectivity index (χ3n) is 1.61. The third-order valence-corrected chi connectivity index (χ3v) is 1.61. The smallest absolute Gasteiger partial charge is 0.397 e.